The summed E-state index contributed by atoms with van der Waals surface area (Å²) in [5.74, 6) is 1.49. The van der Waals surface area contributed by atoms with Gasteiger partial charge in [0.1, 0.15) is 6.54 Å². The Balaban J connectivity index is 1.67. The Morgan fingerprint density at radius 2 is 1.88 bits per heavy atom. The first kappa shape index (κ1) is 23.6. The molecule has 32 heavy (non-hydrogen) atoms. The van der Waals surface area contributed by atoms with E-state index in [1.807, 2.05) is 23.1 Å². The van der Waals surface area contributed by atoms with Gasteiger partial charge >= 0.3 is 0 Å². The van der Waals surface area contributed by atoms with Gasteiger partial charge in [-0.15, -0.1) is 0 Å². The molecule has 2 heterocycles. The molecule has 0 bridgehead atoms. The van der Waals surface area contributed by atoms with Crippen LogP contribution in [0.15, 0.2) is 29.1 Å². The molecule has 0 spiro atoms. The third kappa shape index (κ3) is 5.98. The van der Waals surface area contributed by atoms with E-state index in [0.29, 0.717) is 62.4 Å². The summed E-state index contributed by atoms with van der Waals surface area (Å²) in [7, 11) is 4.72. The lowest BCUT2D eigenvalue weighted by Crippen LogP contribution is -2.42. The van der Waals surface area contributed by atoms with Gasteiger partial charge in [-0.3, -0.25) is 14.2 Å². The minimum absolute atomic E-state index is 0.113. The SMILES string of the molecule is COCc1cc(=O)n(CC(=O)NCCc2ccc(OC)c(OC)c2)c(N2CCOCC2)n1. The molecule has 2 aromatic rings. The topological polar surface area (TPSA) is 104 Å². The van der Waals surface area contributed by atoms with E-state index in [-0.39, 0.29) is 24.6 Å². The van der Waals surface area contributed by atoms with Gasteiger partial charge in [0.05, 0.1) is 39.7 Å². The smallest absolute Gasteiger partial charge is 0.255 e. The van der Waals surface area contributed by atoms with E-state index in [4.69, 9.17) is 18.9 Å². The number of carbonyl (C=O) groups is 1. The van der Waals surface area contributed by atoms with Crippen molar-refractivity contribution in [3.63, 3.8) is 0 Å². The summed E-state index contributed by atoms with van der Waals surface area (Å²) in [6, 6.07) is 7.04. The summed E-state index contributed by atoms with van der Waals surface area (Å²) >= 11 is 0. The highest BCUT2D eigenvalue weighted by atomic mass is 16.5. The fourth-order valence-electron chi connectivity index (χ4n) is 3.50. The first-order valence-electron chi connectivity index (χ1n) is 10.5. The van der Waals surface area contributed by atoms with Crippen LogP contribution in [0, 0.1) is 0 Å². The van der Waals surface area contributed by atoms with Crippen LogP contribution in [-0.4, -0.2) is 69.6 Å². The number of amides is 1. The number of carbonyl (C=O) groups excluding carboxylic acids is 1. The van der Waals surface area contributed by atoms with Gasteiger partial charge in [-0.05, 0) is 24.1 Å². The number of hydrogen-bond acceptors (Lipinski definition) is 8. The van der Waals surface area contributed by atoms with Crippen LogP contribution in [0.2, 0.25) is 0 Å². The van der Waals surface area contributed by atoms with E-state index in [0.717, 1.165) is 5.56 Å². The second-order valence-corrected chi connectivity index (χ2v) is 7.29. The normalized spacial score (nSPS) is 13.7. The number of anilines is 1. The molecule has 10 heteroatoms. The molecule has 0 radical (unpaired) electrons. The molecule has 1 aliphatic heterocycles. The summed E-state index contributed by atoms with van der Waals surface area (Å²) < 4.78 is 22.5. The predicted octanol–water partition coefficient (Wildman–Crippen LogP) is 0.602. The largest absolute Gasteiger partial charge is 0.493 e. The molecular formula is C22H30N4O6. The van der Waals surface area contributed by atoms with Crippen molar-refractivity contribution in [3.8, 4) is 11.5 Å². The highest BCUT2D eigenvalue weighted by Gasteiger charge is 2.20. The summed E-state index contributed by atoms with van der Waals surface area (Å²) in [5, 5.41) is 2.88. The van der Waals surface area contributed by atoms with Gasteiger partial charge in [0.15, 0.2) is 11.5 Å². The highest BCUT2D eigenvalue weighted by molar-refractivity contribution is 5.76. The zero-order chi connectivity index (χ0) is 22.9. The number of hydrogen-bond donors (Lipinski definition) is 1. The molecule has 1 aliphatic rings. The maximum absolute atomic E-state index is 12.7. The Labute approximate surface area is 187 Å². The number of morpholine rings is 1. The maximum atomic E-state index is 12.7. The van der Waals surface area contributed by atoms with Crippen molar-refractivity contribution in [2.45, 2.75) is 19.6 Å². The van der Waals surface area contributed by atoms with Crippen LogP contribution >= 0.6 is 0 Å². The third-order valence-electron chi connectivity index (χ3n) is 5.11. The summed E-state index contributed by atoms with van der Waals surface area (Å²) in [5.41, 5.74) is 1.24. The minimum atomic E-state index is -0.288. The van der Waals surface area contributed by atoms with Gasteiger partial charge in [0.2, 0.25) is 11.9 Å². The van der Waals surface area contributed by atoms with Gasteiger partial charge in [-0.25, -0.2) is 4.98 Å². The van der Waals surface area contributed by atoms with E-state index in [1.54, 1.807) is 21.3 Å². The summed E-state index contributed by atoms with van der Waals surface area (Å²) in [6.45, 7) is 2.82. The van der Waals surface area contributed by atoms with Crippen molar-refractivity contribution in [1.82, 2.24) is 14.9 Å². The lowest BCUT2D eigenvalue weighted by atomic mass is 10.1. The lowest BCUT2D eigenvalue weighted by molar-refractivity contribution is -0.121. The number of nitrogens with one attached hydrogen (secondary N) is 1. The molecule has 1 aromatic heterocycles. The minimum Gasteiger partial charge on any atom is -0.493 e. The quantitative estimate of drug-likeness (QED) is 0.566. The number of rotatable bonds is 10. The van der Waals surface area contributed by atoms with Crippen molar-refractivity contribution in [2.24, 2.45) is 0 Å². The monoisotopic (exact) mass is 446 g/mol. The van der Waals surface area contributed by atoms with E-state index < -0.39 is 0 Å². The van der Waals surface area contributed by atoms with E-state index in [2.05, 4.69) is 10.3 Å². The van der Waals surface area contributed by atoms with Crippen molar-refractivity contribution in [2.75, 3.05) is 59.1 Å². The third-order valence-corrected chi connectivity index (χ3v) is 5.11. The second-order valence-electron chi connectivity index (χ2n) is 7.29. The Morgan fingerprint density at radius 3 is 2.56 bits per heavy atom. The molecule has 1 N–H and O–H groups in total. The van der Waals surface area contributed by atoms with Crippen LogP contribution in [0.4, 0.5) is 5.95 Å². The van der Waals surface area contributed by atoms with Crippen LogP contribution in [0.5, 0.6) is 11.5 Å². The Morgan fingerprint density at radius 1 is 1.12 bits per heavy atom. The first-order valence-corrected chi connectivity index (χ1v) is 10.5. The van der Waals surface area contributed by atoms with E-state index in [9.17, 15) is 9.59 Å². The molecule has 1 fully saturated rings. The fourth-order valence-corrected chi connectivity index (χ4v) is 3.50. The predicted molar refractivity (Wildman–Crippen MR) is 119 cm³/mol. The lowest BCUT2D eigenvalue weighted by Gasteiger charge is -2.29. The molecule has 174 valence electrons. The van der Waals surface area contributed by atoms with Crippen LogP contribution in [-0.2, 0) is 33.8 Å². The molecule has 0 saturated carbocycles. The summed E-state index contributed by atoms with van der Waals surface area (Å²) in [4.78, 5) is 31.9. The van der Waals surface area contributed by atoms with Gasteiger partial charge in [0, 0.05) is 32.8 Å². The molecular weight excluding hydrogens is 416 g/mol. The number of nitrogens with zero attached hydrogens (tertiary/aromatic N) is 3. The first-order chi connectivity index (χ1) is 15.5. The van der Waals surface area contributed by atoms with Crippen molar-refractivity contribution in [1.29, 1.82) is 0 Å². The number of methoxy groups -OCH3 is 3. The molecule has 0 unspecified atom stereocenters. The summed E-state index contributed by atoms with van der Waals surface area (Å²) in [6.07, 6.45) is 0.613. The highest BCUT2D eigenvalue weighted by Crippen LogP contribution is 2.27. The van der Waals surface area contributed by atoms with E-state index >= 15 is 0 Å². The number of aromatic nitrogens is 2. The Kier molecular flexibility index (Phi) is 8.46. The van der Waals surface area contributed by atoms with Gasteiger partial charge in [-0.1, -0.05) is 6.07 Å². The van der Waals surface area contributed by atoms with Crippen molar-refractivity contribution >= 4 is 11.9 Å². The van der Waals surface area contributed by atoms with E-state index in [1.165, 1.54) is 10.6 Å². The fraction of sp³-hybridized carbons (Fsp3) is 0.500. The van der Waals surface area contributed by atoms with Gasteiger partial charge in [0.25, 0.3) is 5.56 Å². The van der Waals surface area contributed by atoms with Crippen molar-refractivity contribution in [3.05, 3.63) is 45.9 Å². The molecule has 1 saturated heterocycles. The van der Waals surface area contributed by atoms with Crippen LogP contribution < -0.4 is 25.2 Å². The maximum Gasteiger partial charge on any atom is 0.255 e. The zero-order valence-corrected chi connectivity index (χ0v) is 18.8. The molecule has 1 amide bonds. The standard InChI is InChI=1S/C22H30N4O6/c1-29-15-17-13-21(28)26(22(24-17)25-8-10-32-11-9-25)14-20(27)23-7-6-16-4-5-18(30-2)19(12-16)31-3/h4-5,12-13H,6-11,14-15H2,1-3H3,(H,23,27). The average Bonchev–Trinajstić information content (AvgIpc) is 2.81. The second kappa shape index (κ2) is 11.5. The van der Waals surface area contributed by atoms with Crippen molar-refractivity contribution < 1.29 is 23.7 Å². The molecule has 0 atom stereocenters. The molecule has 3 rings (SSSR count). The van der Waals surface area contributed by atoms with Crippen LogP contribution in [0.3, 0.4) is 0 Å². The Hall–Kier alpha value is -3.11. The number of ether oxygens (including phenoxy) is 4. The molecule has 10 nitrogen and oxygen atoms in total. The average molecular weight is 447 g/mol. The zero-order valence-electron chi connectivity index (χ0n) is 18.8. The number of benzene rings is 1. The Bertz CT molecular complexity index is 971. The van der Waals surface area contributed by atoms with Gasteiger partial charge < -0.3 is 29.2 Å². The van der Waals surface area contributed by atoms with Gasteiger partial charge in [-0.2, -0.15) is 0 Å². The van der Waals surface area contributed by atoms with Crippen LogP contribution in [0.1, 0.15) is 11.3 Å². The molecule has 1 aromatic carbocycles. The molecule has 0 aliphatic carbocycles. The van der Waals surface area contributed by atoms with Crippen LogP contribution in [0.25, 0.3) is 0 Å².